The lowest BCUT2D eigenvalue weighted by molar-refractivity contribution is 0.0751. The second-order valence-corrected chi connectivity index (χ2v) is 5.66. The quantitative estimate of drug-likeness (QED) is 0.860. The summed E-state index contributed by atoms with van der Waals surface area (Å²) >= 11 is 0. The van der Waals surface area contributed by atoms with Crippen LogP contribution in [0.25, 0.3) is 0 Å². The van der Waals surface area contributed by atoms with Gasteiger partial charge in [-0.3, -0.25) is 4.79 Å². The highest BCUT2D eigenvalue weighted by atomic mass is 35.5. The van der Waals surface area contributed by atoms with Crippen LogP contribution < -0.4 is 5.73 Å². The Kier molecular flexibility index (Phi) is 4.21. The number of likely N-dealkylation sites (tertiary alicyclic amines) is 1. The number of hydrogen-bond donors (Lipinski definition) is 1. The van der Waals surface area contributed by atoms with Gasteiger partial charge in [0, 0.05) is 24.7 Å². The fraction of sp³-hybridized carbons (Fsp3) is 0.643. The Balaban J connectivity index is 0.00000133. The predicted molar refractivity (Wildman–Crippen MR) is 75.4 cm³/mol. The number of halogens is 1. The van der Waals surface area contributed by atoms with Crippen LogP contribution in [-0.2, 0) is 0 Å². The highest BCUT2D eigenvalue weighted by Crippen LogP contribution is 2.36. The van der Waals surface area contributed by atoms with E-state index < -0.39 is 0 Å². The van der Waals surface area contributed by atoms with E-state index in [1.54, 1.807) is 6.26 Å². The van der Waals surface area contributed by atoms with E-state index in [-0.39, 0.29) is 24.4 Å². The summed E-state index contributed by atoms with van der Waals surface area (Å²) in [5.41, 5.74) is 7.09. The Morgan fingerprint density at radius 2 is 2.21 bits per heavy atom. The van der Waals surface area contributed by atoms with Gasteiger partial charge >= 0.3 is 0 Å². The maximum Gasteiger partial charge on any atom is 0.289 e. The molecular weight excluding hydrogens is 264 g/mol. The highest BCUT2D eigenvalue weighted by molar-refractivity contribution is 5.93. The molecule has 5 heteroatoms. The fourth-order valence-corrected chi connectivity index (χ4v) is 3.42. The molecule has 3 rings (SSSR count). The Morgan fingerprint density at radius 1 is 1.42 bits per heavy atom. The van der Waals surface area contributed by atoms with Gasteiger partial charge < -0.3 is 15.1 Å². The van der Waals surface area contributed by atoms with Gasteiger partial charge in [-0.25, -0.2) is 0 Å². The molecule has 1 amide bonds. The van der Waals surface area contributed by atoms with Crippen molar-refractivity contribution >= 4 is 18.3 Å². The molecule has 106 valence electrons. The van der Waals surface area contributed by atoms with Crippen LogP contribution in [0, 0.1) is 18.8 Å². The Labute approximate surface area is 119 Å². The predicted octanol–water partition coefficient (Wildman–Crippen LogP) is 2.21. The maximum atomic E-state index is 12.4. The SMILES string of the molecule is Cc1ccoc1C(=O)N1CC2CCCC(N)C2C1.Cl. The minimum atomic E-state index is 0. The molecule has 1 aliphatic carbocycles. The number of nitrogens with two attached hydrogens (primary N) is 1. The van der Waals surface area contributed by atoms with E-state index in [1.807, 2.05) is 17.9 Å². The van der Waals surface area contributed by atoms with Crippen LogP contribution >= 0.6 is 12.4 Å². The van der Waals surface area contributed by atoms with Crippen molar-refractivity contribution in [1.29, 1.82) is 0 Å². The first-order valence-corrected chi connectivity index (χ1v) is 6.76. The maximum absolute atomic E-state index is 12.4. The molecule has 2 fully saturated rings. The van der Waals surface area contributed by atoms with Crippen molar-refractivity contribution in [1.82, 2.24) is 4.90 Å². The van der Waals surface area contributed by atoms with Crippen LogP contribution in [0.2, 0.25) is 0 Å². The molecule has 2 N–H and O–H groups in total. The van der Waals surface area contributed by atoms with Crippen molar-refractivity contribution in [2.45, 2.75) is 32.2 Å². The summed E-state index contributed by atoms with van der Waals surface area (Å²) in [5.74, 6) is 1.59. The van der Waals surface area contributed by atoms with E-state index in [1.165, 1.54) is 12.8 Å². The number of nitrogens with zero attached hydrogens (tertiary/aromatic N) is 1. The minimum absolute atomic E-state index is 0. The summed E-state index contributed by atoms with van der Waals surface area (Å²) in [5, 5.41) is 0. The Hall–Kier alpha value is -1.00. The molecule has 2 aliphatic rings. The standard InChI is InChI=1S/C14H20N2O2.ClH/c1-9-5-6-18-13(9)14(17)16-7-10-3-2-4-12(15)11(10)8-16;/h5-6,10-12H,2-4,7-8,15H2,1H3;1H. The molecular formula is C14H21ClN2O2. The Morgan fingerprint density at radius 3 is 2.84 bits per heavy atom. The van der Waals surface area contributed by atoms with Crippen molar-refractivity contribution < 1.29 is 9.21 Å². The van der Waals surface area contributed by atoms with E-state index >= 15 is 0 Å². The number of carbonyl (C=O) groups excluding carboxylic acids is 1. The van der Waals surface area contributed by atoms with E-state index in [0.29, 0.717) is 17.6 Å². The molecule has 4 nitrogen and oxygen atoms in total. The molecule has 0 bridgehead atoms. The molecule has 1 saturated carbocycles. The number of furan rings is 1. The summed E-state index contributed by atoms with van der Waals surface area (Å²) in [6, 6.07) is 2.10. The van der Waals surface area contributed by atoms with Gasteiger partial charge in [-0.15, -0.1) is 12.4 Å². The number of carbonyl (C=O) groups is 1. The van der Waals surface area contributed by atoms with Gasteiger partial charge in [0.15, 0.2) is 5.76 Å². The van der Waals surface area contributed by atoms with Gasteiger partial charge in [-0.1, -0.05) is 6.42 Å². The first-order valence-electron chi connectivity index (χ1n) is 6.76. The highest BCUT2D eigenvalue weighted by Gasteiger charge is 2.41. The van der Waals surface area contributed by atoms with E-state index in [9.17, 15) is 4.79 Å². The third-order valence-electron chi connectivity index (χ3n) is 4.50. The lowest BCUT2D eigenvalue weighted by Crippen LogP contribution is -2.38. The van der Waals surface area contributed by atoms with Gasteiger partial charge in [-0.05, 0) is 37.7 Å². The summed E-state index contributed by atoms with van der Waals surface area (Å²) in [7, 11) is 0. The first-order chi connectivity index (χ1) is 8.66. The average molecular weight is 285 g/mol. The zero-order chi connectivity index (χ0) is 12.7. The molecule has 1 aromatic rings. The molecule has 19 heavy (non-hydrogen) atoms. The monoisotopic (exact) mass is 284 g/mol. The van der Waals surface area contributed by atoms with Crippen LogP contribution in [-0.4, -0.2) is 29.9 Å². The molecule has 3 atom stereocenters. The molecule has 1 saturated heterocycles. The number of fused-ring (bicyclic) bond motifs is 1. The summed E-state index contributed by atoms with van der Waals surface area (Å²) in [4.78, 5) is 14.3. The van der Waals surface area contributed by atoms with Gasteiger partial charge in [0.05, 0.1) is 6.26 Å². The topological polar surface area (TPSA) is 59.5 Å². The zero-order valence-corrected chi connectivity index (χ0v) is 12.0. The van der Waals surface area contributed by atoms with Gasteiger partial charge in [0.2, 0.25) is 0 Å². The number of aryl methyl sites for hydroxylation is 1. The lowest BCUT2D eigenvalue weighted by atomic mass is 9.78. The molecule has 1 aromatic heterocycles. The largest absolute Gasteiger partial charge is 0.459 e. The van der Waals surface area contributed by atoms with Crippen molar-refractivity contribution in [3.63, 3.8) is 0 Å². The van der Waals surface area contributed by atoms with Crippen molar-refractivity contribution in [3.8, 4) is 0 Å². The number of amides is 1. The van der Waals surface area contributed by atoms with Crippen LogP contribution in [0.5, 0.6) is 0 Å². The average Bonchev–Trinajstić information content (AvgIpc) is 2.95. The fourth-order valence-electron chi connectivity index (χ4n) is 3.42. The van der Waals surface area contributed by atoms with Crippen LogP contribution in [0.15, 0.2) is 16.7 Å². The number of rotatable bonds is 1. The zero-order valence-electron chi connectivity index (χ0n) is 11.2. The second-order valence-electron chi connectivity index (χ2n) is 5.66. The third kappa shape index (κ3) is 2.51. The smallest absolute Gasteiger partial charge is 0.289 e. The normalized spacial score (nSPS) is 29.8. The second kappa shape index (κ2) is 5.55. The third-order valence-corrected chi connectivity index (χ3v) is 4.50. The summed E-state index contributed by atoms with van der Waals surface area (Å²) < 4.78 is 5.30. The first kappa shape index (κ1) is 14.4. The van der Waals surface area contributed by atoms with Gasteiger partial charge in [0.25, 0.3) is 5.91 Å². The lowest BCUT2D eigenvalue weighted by Gasteiger charge is -2.29. The molecule has 2 heterocycles. The van der Waals surface area contributed by atoms with Crippen molar-refractivity contribution in [2.24, 2.45) is 17.6 Å². The summed E-state index contributed by atoms with van der Waals surface area (Å²) in [6.07, 6.45) is 5.09. The van der Waals surface area contributed by atoms with E-state index in [4.69, 9.17) is 10.2 Å². The Bertz CT molecular complexity index is 460. The molecule has 3 unspecified atom stereocenters. The van der Waals surface area contributed by atoms with E-state index in [0.717, 1.165) is 25.1 Å². The van der Waals surface area contributed by atoms with E-state index in [2.05, 4.69) is 0 Å². The van der Waals surface area contributed by atoms with Crippen LogP contribution in [0.3, 0.4) is 0 Å². The van der Waals surface area contributed by atoms with Crippen molar-refractivity contribution in [2.75, 3.05) is 13.1 Å². The van der Waals surface area contributed by atoms with Crippen LogP contribution in [0.4, 0.5) is 0 Å². The molecule has 0 aromatic carbocycles. The molecule has 0 spiro atoms. The minimum Gasteiger partial charge on any atom is -0.459 e. The summed E-state index contributed by atoms with van der Waals surface area (Å²) in [6.45, 7) is 3.55. The van der Waals surface area contributed by atoms with Crippen molar-refractivity contribution in [3.05, 3.63) is 23.7 Å². The number of hydrogen-bond acceptors (Lipinski definition) is 3. The van der Waals surface area contributed by atoms with Gasteiger partial charge in [0.1, 0.15) is 0 Å². The van der Waals surface area contributed by atoms with Crippen LogP contribution in [0.1, 0.15) is 35.4 Å². The molecule has 0 radical (unpaired) electrons. The molecule has 1 aliphatic heterocycles. The van der Waals surface area contributed by atoms with Gasteiger partial charge in [-0.2, -0.15) is 0 Å².